The zero-order chi connectivity index (χ0) is 15.5. The molecule has 0 aliphatic heterocycles. The lowest BCUT2D eigenvalue weighted by molar-refractivity contribution is 1.03. The van der Waals surface area contributed by atoms with Gasteiger partial charge in [-0.25, -0.2) is 0 Å². The molecule has 0 saturated heterocycles. The van der Waals surface area contributed by atoms with Gasteiger partial charge in [-0.3, -0.25) is 0 Å². The first-order valence-electron chi connectivity index (χ1n) is 7.89. The molecule has 0 aromatic heterocycles. The van der Waals surface area contributed by atoms with Crippen molar-refractivity contribution in [1.29, 1.82) is 0 Å². The van der Waals surface area contributed by atoms with E-state index < -0.39 is 16.9 Å². The normalized spacial score (nSPS) is 14.1. The number of benzene rings is 1. The van der Waals surface area contributed by atoms with E-state index in [0.29, 0.717) is 0 Å². The fraction of sp³-hybridized carbons (Fsp3) is 0.529. The van der Waals surface area contributed by atoms with Crippen molar-refractivity contribution in [3.63, 3.8) is 0 Å². The van der Waals surface area contributed by atoms with Gasteiger partial charge in [0.15, 0.2) is 0 Å². The monoisotopic (exact) mass is 320 g/mol. The average Bonchev–Trinajstić information content (AvgIpc) is 2.33. The summed E-state index contributed by atoms with van der Waals surface area (Å²) in [5, 5.41) is 3.32. The Balaban J connectivity index is 3.22. The van der Waals surface area contributed by atoms with Crippen LogP contribution in [0.25, 0.3) is 0 Å². The predicted octanol–water partition coefficient (Wildman–Crippen LogP) is 3.08. The van der Waals surface area contributed by atoms with Crippen LogP contribution in [-0.2, 0) is 0 Å². The highest BCUT2D eigenvalue weighted by Gasteiger charge is 2.26. The first kappa shape index (κ1) is 17.7. The molecular weight excluding hydrogens is 288 g/mol. The van der Waals surface area contributed by atoms with Crippen molar-refractivity contribution >= 4 is 36.8 Å². The summed E-state index contributed by atoms with van der Waals surface area (Å²) in [4.78, 5) is 0. The van der Waals surface area contributed by atoms with E-state index in [1.54, 1.807) is 15.9 Å². The molecule has 0 saturated carbocycles. The summed E-state index contributed by atoms with van der Waals surface area (Å²) in [7, 11) is -2.09. The largest absolute Gasteiger partial charge is 0.0975 e. The van der Waals surface area contributed by atoms with Crippen LogP contribution in [0.4, 0.5) is 0 Å². The van der Waals surface area contributed by atoms with Crippen LogP contribution < -0.4 is 10.4 Å². The summed E-state index contributed by atoms with van der Waals surface area (Å²) in [6.07, 6.45) is 0. The Morgan fingerprint density at radius 1 is 1.20 bits per heavy atom. The van der Waals surface area contributed by atoms with E-state index >= 15 is 0 Å². The van der Waals surface area contributed by atoms with Gasteiger partial charge in [-0.2, -0.15) is 0 Å². The quantitative estimate of drug-likeness (QED) is 0.732. The van der Waals surface area contributed by atoms with Crippen LogP contribution in [-0.4, -0.2) is 26.4 Å². The molecule has 0 bridgehead atoms. The van der Waals surface area contributed by atoms with Gasteiger partial charge in [-0.15, -0.1) is 0 Å². The van der Waals surface area contributed by atoms with Crippen LogP contribution in [0.3, 0.4) is 0 Å². The minimum absolute atomic E-state index is 0.228. The van der Waals surface area contributed by atoms with Gasteiger partial charge in [0.1, 0.15) is 0 Å². The first-order valence-corrected chi connectivity index (χ1v) is 15.9. The lowest BCUT2D eigenvalue weighted by Crippen LogP contribution is -2.38. The van der Waals surface area contributed by atoms with E-state index in [-0.39, 0.29) is 9.52 Å². The first-order chi connectivity index (χ1) is 9.12. The van der Waals surface area contributed by atoms with E-state index in [1.165, 1.54) is 5.57 Å². The molecule has 1 atom stereocenters. The molecule has 0 radical (unpaired) electrons. The van der Waals surface area contributed by atoms with Gasteiger partial charge in [-0.05, 0) is 25.0 Å². The molecule has 0 amide bonds. The Morgan fingerprint density at radius 2 is 1.80 bits per heavy atom. The molecule has 0 spiro atoms. The highest BCUT2D eigenvalue weighted by atomic mass is 28.3. The number of rotatable bonds is 5. The van der Waals surface area contributed by atoms with Crippen molar-refractivity contribution in [2.75, 3.05) is 0 Å². The number of allylic oxidation sites excluding steroid dienone is 1. The van der Waals surface area contributed by atoms with Gasteiger partial charge in [0.2, 0.25) is 0 Å². The standard InChI is InChI=1S/C17H32Si3/c1-13(2)12-18-15-9-10-17(19(4)5)16(11-15)14(3)20(6,7)8/h9-12,14,19H,18H2,1-8H3. The van der Waals surface area contributed by atoms with E-state index in [0.717, 1.165) is 5.54 Å². The van der Waals surface area contributed by atoms with Crippen LogP contribution in [0, 0.1) is 0 Å². The molecule has 0 N–H and O–H groups in total. The summed E-state index contributed by atoms with van der Waals surface area (Å²) in [5.74, 6) is 0. The van der Waals surface area contributed by atoms with Crippen LogP contribution >= 0.6 is 0 Å². The third-order valence-electron chi connectivity index (χ3n) is 4.28. The van der Waals surface area contributed by atoms with Crippen molar-refractivity contribution in [3.8, 4) is 0 Å². The zero-order valence-electron chi connectivity index (χ0n) is 14.7. The third-order valence-corrected chi connectivity index (χ3v) is 10.9. The maximum absolute atomic E-state index is 2.57. The third kappa shape index (κ3) is 4.86. The second-order valence-electron chi connectivity index (χ2n) is 7.69. The number of hydrogen-bond acceptors (Lipinski definition) is 0. The highest BCUT2D eigenvalue weighted by molar-refractivity contribution is 6.78. The summed E-state index contributed by atoms with van der Waals surface area (Å²) in [6, 6.07) is 7.44. The van der Waals surface area contributed by atoms with Crippen molar-refractivity contribution in [3.05, 3.63) is 35.0 Å². The Morgan fingerprint density at radius 3 is 2.25 bits per heavy atom. The van der Waals surface area contributed by atoms with Gasteiger partial charge >= 0.3 is 0 Å². The highest BCUT2D eigenvalue weighted by Crippen LogP contribution is 2.25. The van der Waals surface area contributed by atoms with Crippen LogP contribution in [0.1, 0.15) is 31.9 Å². The molecule has 0 fully saturated rings. The Bertz CT molecular complexity index is 477. The van der Waals surface area contributed by atoms with Crippen LogP contribution in [0.2, 0.25) is 32.7 Å². The van der Waals surface area contributed by atoms with Crippen molar-refractivity contribution in [2.24, 2.45) is 0 Å². The van der Waals surface area contributed by atoms with Crippen molar-refractivity contribution < 1.29 is 0 Å². The SMILES string of the molecule is CC(C)=C[SiH2]c1ccc([SiH](C)C)c(C(C)[Si](C)(C)C)c1. The van der Waals surface area contributed by atoms with Gasteiger partial charge in [-0.1, -0.05) is 79.5 Å². The Kier molecular flexibility index (Phi) is 6.23. The van der Waals surface area contributed by atoms with E-state index in [4.69, 9.17) is 0 Å². The second-order valence-corrected chi connectivity index (χ2v) is 17.9. The Labute approximate surface area is 131 Å². The lowest BCUT2D eigenvalue weighted by Gasteiger charge is -2.29. The molecule has 0 nitrogen and oxygen atoms in total. The molecule has 1 rings (SSSR count). The molecule has 20 heavy (non-hydrogen) atoms. The summed E-state index contributed by atoms with van der Waals surface area (Å²) in [6.45, 7) is 19.3. The van der Waals surface area contributed by atoms with Crippen molar-refractivity contribution in [2.45, 2.75) is 59.0 Å². The van der Waals surface area contributed by atoms with Gasteiger partial charge in [0.25, 0.3) is 0 Å². The summed E-state index contributed by atoms with van der Waals surface area (Å²) in [5.41, 5.74) is 6.41. The fourth-order valence-corrected chi connectivity index (χ4v) is 6.51. The minimum Gasteiger partial charge on any atom is -0.0975 e. The van der Waals surface area contributed by atoms with Gasteiger partial charge in [0.05, 0.1) is 26.4 Å². The molecule has 0 aliphatic carbocycles. The molecule has 1 unspecified atom stereocenters. The minimum atomic E-state index is -1.12. The smallest absolute Gasteiger partial charge is 0.0782 e. The van der Waals surface area contributed by atoms with Crippen LogP contribution in [0.5, 0.6) is 0 Å². The zero-order valence-corrected chi connectivity index (χ0v) is 18.2. The molecule has 3 heteroatoms. The maximum Gasteiger partial charge on any atom is 0.0782 e. The molecule has 0 aliphatic rings. The van der Waals surface area contributed by atoms with E-state index in [9.17, 15) is 0 Å². The topological polar surface area (TPSA) is 0 Å². The maximum atomic E-state index is 2.57. The van der Waals surface area contributed by atoms with Gasteiger partial charge in [0, 0.05) is 0 Å². The second kappa shape index (κ2) is 7.05. The van der Waals surface area contributed by atoms with Crippen LogP contribution in [0.15, 0.2) is 29.5 Å². The summed E-state index contributed by atoms with van der Waals surface area (Å²) >= 11 is 0. The van der Waals surface area contributed by atoms with E-state index in [1.807, 2.05) is 0 Å². The van der Waals surface area contributed by atoms with Crippen molar-refractivity contribution in [1.82, 2.24) is 0 Å². The summed E-state index contributed by atoms with van der Waals surface area (Å²) < 4.78 is 0. The van der Waals surface area contributed by atoms with Gasteiger partial charge < -0.3 is 0 Å². The number of hydrogen-bond donors (Lipinski definition) is 0. The van der Waals surface area contributed by atoms with E-state index in [2.05, 4.69) is 77.4 Å². The average molecular weight is 321 g/mol. The molecule has 112 valence electrons. The fourth-order valence-electron chi connectivity index (χ4n) is 2.44. The Hall–Kier alpha value is -0.389. The molecule has 1 aromatic carbocycles. The molecule has 1 aromatic rings. The lowest BCUT2D eigenvalue weighted by atomic mass is 10.1. The predicted molar refractivity (Wildman–Crippen MR) is 104 cm³/mol. The molecular formula is C17H32Si3. The molecule has 0 heterocycles.